The molecule has 1 amide bonds. The molecule has 3 atom stereocenters. The molecule has 1 aromatic rings. The molecule has 92 valence electrons. The molecule has 2 N–H and O–H groups in total. The number of nitrogens with zero attached hydrogens (tertiary/aromatic N) is 2. The predicted molar refractivity (Wildman–Crippen MR) is 59.3 cm³/mol. The predicted octanol–water partition coefficient (Wildman–Crippen LogP) is -0.176. The minimum absolute atomic E-state index is 0.00999. The van der Waals surface area contributed by atoms with Gasteiger partial charge in [-0.25, -0.2) is 0 Å². The van der Waals surface area contributed by atoms with E-state index in [1.54, 1.807) is 0 Å². The average Bonchev–Trinajstić information content (AvgIpc) is 2.88. The summed E-state index contributed by atoms with van der Waals surface area (Å²) in [6.45, 7) is 3.65. The van der Waals surface area contributed by atoms with Crippen LogP contribution < -0.4 is 10.6 Å². The highest BCUT2D eigenvalue weighted by atomic mass is 16.5. The van der Waals surface area contributed by atoms with E-state index in [1.165, 1.54) is 0 Å². The molecule has 2 heterocycles. The van der Waals surface area contributed by atoms with Crippen molar-refractivity contribution in [1.29, 1.82) is 0 Å². The number of carbonyl (C=O) groups excluding carboxylic acids is 1. The van der Waals surface area contributed by atoms with E-state index in [-0.39, 0.29) is 11.9 Å². The molecule has 6 nitrogen and oxygen atoms in total. The molecule has 0 bridgehead atoms. The van der Waals surface area contributed by atoms with Gasteiger partial charge in [0.05, 0.1) is 12.5 Å². The van der Waals surface area contributed by atoms with Crippen LogP contribution in [-0.4, -0.2) is 35.2 Å². The van der Waals surface area contributed by atoms with E-state index >= 15 is 0 Å². The molecule has 1 aliphatic carbocycles. The van der Waals surface area contributed by atoms with Crippen LogP contribution in [0, 0.1) is 5.92 Å². The Kier molecular flexibility index (Phi) is 2.58. The number of hydrogen-bond donors (Lipinski definition) is 2. The molecular weight excluding hydrogens is 220 g/mol. The topological polar surface area (TPSA) is 80.0 Å². The highest BCUT2D eigenvalue weighted by molar-refractivity contribution is 5.82. The van der Waals surface area contributed by atoms with E-state index in [1.807, 2.05) is 0 Å². The van der Waals surface area contributed by atoms with Gasteiger partial charge in [0.25, 0.3) is 0 Å². The Balaban J connectivity index is 1.64. The number of piperazine rings is 1. The van der Waals surface area contributed by atoms with Crippen molar-refractivity contribution < 1.29 is 9.32 Å². The summed E-state index contributed by atoms with van der Waals surface area (Å²) in [7, 11) is 0. The fourth-order valence-electron chi connectivity index (χ4n) is 2.17. The Morgan fingerprint density at radius 1 is 1.47 bits per heavy atom. The molecule has 3 unspecified atom stereocenters. The van der Waals surface area contributed by atoms with Gasteiger partial charge < -0.3 is 15.2 Å². The van der Waals surface area contributed by atoms with Gasteiger partial charge in [-0.3, -0.25) is 4.79 Å². The van der Waals surface area contributed by atoms with Crippen molar-refractivity contribution in [2.24, 2.45) is 5.92 Å². The number of carbonyl (C=O) groups is 1. The minimum atomic E-state index is -0.242. The number of aromatic nitrogens is 2. The van der Waals surface area contributed by atoms with E-state index in [9.17, 15) is 4.79 Å². The minimum Gasteiger partial charge on any atom is -0.353 e. The molecule has 2 fully saturated rings. The Morgan fingerprint density at radius 2 is 2.29 bits per heavy atom. The van der Waals surface area contributed by atoms with Gasteiger partial charge in [-0.15, -0.1) is 0 Å². The summed E-state index contributed by atoms with van der Waals surface area (Å²) >= 11 is 0. The van der Waals surface area contributed by atoms with Crippen molar-refractivity contribution in [3.63, 3.8) is 0 Å². The van der Waals surface area contributed by atoms with Crippen LogP contribution in [0.5, 0.6) is 0 Å². The van der Waals surface area contributed by atoms with Crippen LogP contribution in [0.2, 0.25) is 0 Å². The van der Waals surface area contributed by atoms with E-state index in [0.29, 0.717) is 30.7 Å². The first-order valence-corrected chi connectivity index (χ1v) is 6.07. The highest BCUT2D eigenvalue weighted by Crippen LogP contribution is 2.45. The lowest BCUT2D eigenvalue weighted by molar-refractivity contribution is -0.124. The first-order valence-electron chi connectivity index (χ1n) is 6.07. The lowest BCUT2D eigenvalue weighted by Crippen LogP contribution is -2.53. The number of hydrogen-bond acceptors (Lipinski definition) is 5. The van der Waals surface area contributed by atoms with E-state index in [4.69, 9.17) is 4.52 Å². The second kappa shape index (κ2) is 4.10. The summed E-state index contributed by atoms with van der Waals surface area (Å²) in [5, 5.41) is 9.92. The van der Waals surface area contributed by atoms with Crippen molar-refractivity contribution in [1.82, 2.24) is 20.8 Å². The van der Waals surface area contributed by atoms with Gasteiger partial charge in [-0.05, 0) is 12.3 Å². The third kappa shape index (κ3) is 2.17. The second-order valence-corrected chi connectivity index (χ2v) is 4.87. The maximum Gasteiger partial charge on any atom is 0.237 e. The van der Waals surface area contributed by atoms with Gasteiger partial charge in [-0.2, -0.15) is 4.98 Å². The zero-order chi connectivity index (χ0) is 11.8. The van der Waals surface area contributed by atoms with Gasteiger partial charge >= 0.3 is 0 Å². The molecule has 0 aromatic carbocycles. The molecule has 1 saturated heterocycles. The molecule has 17 heavy (non-hydrogen) atoms. The highest BCUT2D eigenvalue weighted by Gasteiger charge is 2.38. The molecule has 1 aromatic heterocycles. The summed E-state index contributed by atoms with van der Waals surface area (Å²) < 4.78 is 5.18. The lowest BCUT2D eigenvalue weighted by atomic mass is 10.1. The van der Waals surface area contributed by atoms with Crippen molar-refractivity contribution >= 4 is 5.91 Å². The fourth-order valence-corrected chi connectivity index (χ4v) is 2.17. The summed E-state index contributed by atoms with van der Waals surface area (Å²) in [5.41, 5.74) is 0. The first kappa shape index (κ1) is 10.7. The molecule has 0 radical (unpaired) electrons. The third-order valence-electron chi connectivity index (χ3n) is 3.44. The standard InChI is InChI=1S/C11H16N4O2/c1-6-4-7(6)10-14-9(17-15-10)5-8-11(16)13-3-2-12-8/h6-8,12H,2-5H2,1H3,(H,13,16). The van der Waals surface area contributed by atoms with Gasteiger partial charge in [0, 0.05) is 19.0 Å². The van der Waals surface area contributed by atoms with E-state index in [2.05, 4.69) is 27.7 Å². The van der Waals surface area contributed by atoms with Crippen molar-refractivity contribution in [2.75, 3.05) is 13.1 Å². The van der Waals surface area contributed by atoms with Crippen LogP contribution in [0.1, 0.15) is 31.0 Å². The molecule has 3 rings (SSSR count). The normalized spacial score (nSPS) is 32.3. The van der Waals surface area contributed by atoms with E-state index in [0.717, 1.165) is 18.8 Å². The zero-order valence-corrected chi connectivity index (χ0v) is 9.77. The average molecular weight is 236 g/mol. The van der Waals surface area contributed by atoms with Gasteiger partial charge in [0.15, 0.2) is 5.82 Å². The van der Waals surface area contributed by atoms with Crippen LogP contribution in [0.25, 0.3) is 0 Å². The summed E-state index contributed by atoms with van der Waals surface area (Å²) in [4.78, 5) is 15.9. The Hall–Kier alpha value is -1.43. The maximum absolute atomic E-state index is 11.5. The molecular formula is C11H16N4O2. The van der Waals surface area contributed by atoms with Crippen LogP contribution in [0.15, 0.2) is 4.52 Å². The number of rotatable bonds is 3. The van der Waals surface area contributed by atoms with Crippen molar-refractivity contribution in [3.05, 3.63) is 11.7 Å². The van der Waals surface area contributed by atoms with Crippen molar-refractivity contribution in [3.8, 4) is 0 Å². The molecule has 1 aliphatic heterocycles. The summed E-state index contributed by atoms with van der Waals surface area (Å²) in [5.74, 6) is 2.48. The largest absolute Gasteiger partial charge is 0.353 e. The van der Waals surface area contributed by atoms with Crippen LogP contribution >= 0.6 is 0 Å². The first-order chi connectivity index (χ1) is 8.24. The summed E-state index contributed by atoms with van der Waals surface area (Å²) in [6.07, 6.45) is 1.61. The van der Waals surface area contributed by atoms with Gasteiger partial charge in [0.1, 0.15) is 0 Å². The lowest BCUT2D eigenvalue weighted by Gasteiger charge is -2.21. The maximum atomic E-state index is 11.5. The Bertz CT molecular complexity index is 431. The second-order valence-electron chi connectivity index (χ2n) is 4.87. The quantitative estimate of drug-likeness (QED) is 0.761. The van der Waals surface area contributed by atoms with E-state index < -0.39 is 0 Å². The fraction of sp³-hybridized carbons (Fsp3) is 0.727. The SMILES string of the molecule is CC1CC1c1noc(CC2NCCNC2=O)n1. The molecule has 0 spiro atoms. The third-order valence-corrected chi connectivity index (χ3v) is 3.44. The molecule has 6 heteroatoms. The van der Waals surface area contributed by atoms with Crippen LogP contribution in [-0.2, 0) is 11.2 Å². The summed E-state index contributed by atoms with van der Waals surface area (Å²) in [6, 6.07) is -0.242. The molecule has 1 saturated carbocycles. The van der Waals surface area contributed by atoms with Gasteiger partial charge in [0.2, 0.25) is 11.8 Å². The number of amides is 1. The van der Waals surface area contributed by atoms with Crippen LogP contribution in [0.3, 0.4) is 0 Å². The Morgan fingerprint density at radius 3 is 3.00 bits per heavy atom. The zero-order valence-electron chi connectivity index (χ0n) is 9.77. The molecule has 2 aliphatic rings. The van der Waals surface area contributed by atoms with Crippen molar-refractivity contribution in [2.45, 2.75) is 31.7 Å². The Labute approximate surface area is 99.2 Å². The number of nitrogens with one attached hydrogen (secondary N) is 2. The van der Waals surface area contributed by atoms with Gasteiger partial charge in [-0.1, -0.05) is 12.1 Å². The monoisotopic (exact) mass is 236 g/mol. The van der Waals surface area contributed by atoms with Crippen LogP contribution in [0.4, 0.5) is 0 Å². The smallest absolute Gasteiger partial charge is 0.237 e.